The molecule has 11 nitrogen and oxygen atoms in total. The van der Waals surface area contributed by atoms with Crippen LogP contribution in [0, 0.1) is 11.8 Å². The summed E-state index contributed by atoms with van der Waals surface area (Å²) < 4.78 is 72.3. The molecule has 2 saturated carbocycles. The number of amides is 2. The average molecular weight is 613 g/mol. The molecule has 0 aromatic carbocycles. The molecule has 0 saturated heterocycles. The summed E-state index contributed by atoms with van der Waals surface area (Å²) in [5.41, 5.74) is 1.45. The van der Waals surface area contributed by atoms with Crippen molar-refractivity contribution in [2.45, 2.75) is 82.1 Å². The zero-order valence-electron chi connectivity index (χ0n) is 23.5. The molecule has 3 aromatic rings. The van der Waals surface area contributed by atoms with E-state index in [-0.39, 0.29) is 43.2 Å². The fourth-order valence-corrected chi connectivity index (χ4v) is 5.36. The van der Waals surface area contributed by atoms with Gasteiger partial charge in [0.15, 0.2) is 11.3 Å². The quantitative estimate of drug-likeness (QED) is 0.294. The first-order chi connectivity index (χ1) is 20.4. The van der Waals surface area contributed by atoms with Crippen molar-refractivity contribution in [3.63, 3.8) is 0 Å². The van der Waals surface area contributed by atoms with Crippen molar-refractivity contribution in [1.29, 1.82) is 0 Å². The number of imidazole rings is 1. The van der Waals surface area contributed by atoms with Gasteiger partial charge >= 0.3 is 6.18 Å². The Morgan fingerprint density at radius 3 is 2.47 bits per heavy atom. The van der Waals surface area contributed by atoms with Crippen molar-refractivity contribution in [1.82, 2.24) is 40.2 Å². The zero-order chi connectivity index (χ0) is 30.8. The summed E-state index contributed by atoms with van der Waals surface area (Å²) in [7, 11) is 1.53. The van der Waals surface area contributed by atoms with Gasteiger partial charge in [-0.3, -0.25) is 9.59 Å². The number of nitrogens with one attached hydrogen (secondary N) is 2. The predicted molar refractivity (Wildman–Crippen MR) is 141 cm³/mol. The molecule has 0 radical (unpaired) electrons. The molecule has 1 unspecified atom stereocenters. The van der Waals surface area contributed by atoms with Crippen LogP contribution in [-0.4, -0.2) is 67.2 Å². The number of rotatable bonds is 12. The highest BCUT2D eigenvalue weighted by Gasteiger charge is 2.40. The van der Waals surface area contributed by atoms with Gasteiger partial charge in [-0.2, -0.15) is 28.2 Å². The maximum atomic E-state index is 14.0. The number of carbonyl (C=O) groups excluding carboxylic acids is 2. The van der Waals surface area contributed by atoms with Crippen LogP contribution in [0.15, 0.2) is 24.7 Å². The van der Waals surface area contributed by atoms with Gasteiger partial charge in [0, 0.05) is 26.4 Å². The van der Waals surface area contributed by atoms with Crippen molar-refractivity contribution in [2.75, 3.05) is 13.7 Å². The third-order valence-corrected chi connectivity index (χ3v) is 7.87. The molecule has 16 heteroatoms. The number of methoxy groups -OCH3 is 1. The van der Waals surface area contributed by atoms with E-state index in [1.54, 1.807) is 12.3 Å². The topological polar surface area (TPSA) is 128 Å². The van der Waals surface area contributed by atoms with Crippen molar-refractivity contribution in [2.24, 2.45) is 11.8 Å². The minimum Gasteiger partial charge on any atom is -0.383 e. The Hall–Kier alpha value is -3.69. The van der Waals surface area contributed by atoms with Crippen LogP contribution in [0.5, 0.6) is 0 Å². The molecular formula is C27H33F5N8O3. The van der Waals surface area contributed by atoms with Gasteiger partial charge in [-0.25, -0.2) is 18.3 Å². The first kappa shape index (κ1) is 30.8. The lowest BCUT2D eigenvalue weighted by molar-refractivity contribution is -0.144. The van der Waals surface area contributed by atoms with Gasteiger partial charge in [0.2, 0.25) is 11.8 Å². The van der Waals surface area contributed by atoms with Crippen molar-refractivity contribution >= 4 is 17.5 Å². The van der Waals surface area contributed by atoms with E-state index >= 15 is 0 Å². The molecule has 2 atom stereocenters. The molecule has 2 amide bonds. The van der Waals surface area contributed by atoms with Gasteiger partial charge in [-0.15, -0.1) is 5.10 Å². The molecule has 3 aromatic heterocycles. The van der Waals surface area contributed by atoms with E-state index in [0.717, 1.165) is 12.8 Å². The van der Waals surface area contributed by atoms with E-state index in [9.17, 15) is 31.5 Å². The molecule has 2 N–H and O–H groups in total. The summed E-state index contributed by atoms with van der Waals surface area (Å²) in [5.74, 6) is -4.26. The molecule has 5 rings (SSSR count). The Morgan fingerprint density at radius 2 is 1.79 bits per heavy atom. The smallest absolute Gasteiger partial charge is 0.383 e. The van der Waals surface area contributed by atoms with Crippen LogP contribution in [-0.2, 0) is 16.1 Å². The SMILES string of the molecule is COCCn1ncc(C(=O)N[C@H](c2cn3ncc(C(NC(=O)CCC(F)(F)F)C4CC4)cc3n2)C2CCC(F)(F)CC2)n1. The molecule has 43 heavy (non-hydrogen) atoms. The number of carbonyl (C=O) groups is 2. The van der Waals surface area contributed by atoms with E-state index in [1.165, 1.54) is 28.8 Å². The van der Waals surface area contributed by atoms with Crippen LogP contribution in [0.25, 0.3) is 5.65 Å². The summed E-state index contributed by atoms with van der Waals surface area (Å²) in [6.45, 7) is 0.694. The molecule has 0 aliphatic heterocycles. The predicted octanol–water partition coefficient (Wildman–Crippen LogP) is 4.17. The van der Waals surface area contributed by atoms with E-state index in [1.807, 2.05) is 0 Å². The van der Waals surface area contributed by atoms with Gasteiger partial charge in [0.1, 0.15) is 0 Å². The maximum absolute atomic E-state index is 14.0. The number of hydrogen-bond acceptors (Lipinski definition) is 7. The van der Waals surface area contributed by atoms with Crippen LogP contribution < -0.4 is 10.6 Å². The normalized spacial score (nSPS) is 18.8. The van der Waals surface area contributed by atoms with Crippen LogP contribution in [0.1, 0.15) is 85.2 Å². The number of alkyl halides is 5. The Labute approximate surface area is 243 Å². The van der Waals surface area contributed by atoms with Crippen LogP contribution in [0.3, 0.4) is 0 Å². The highest BCUT2D eigenvalue weighted by molar-refractivity contribution is 5.92. The van der Waals surface area contributed by atoms with Gasteiger partial charge < -0.3 is 15.4 Å². The lowest BCUT2D eigenvalue weighted by atomic mass is 9.81. The fraction of sp³-hybridized carbons (Fsp3) is 0.630. The standard InChI is InChI=1S/C27H33F5N8O3/c1-43-11-10-40-34-14-19(38-40)25(42)37-24(17-4-7-26(28,29)8-5-17)20-15-39-21(35-20)12-18(13-33-39)23(16-2-3-16)36-22(41)6-9-27(30,31)32/h12-17,23-24H,2-11H2,1H3,(H,36,41)(H,37,42)/t23?,24-/m0/s1. The number of hydrogen-bond donors (Lipinski definition) is 2. The number of nitrogens with zero attached hydrogens (tertiary/aromatic N) is 6. The molecular weight excluding hydrogens is 579 g/mol. The van der Waals surface area contributed by atoms with Crippen molar-refractivity contribution in [3.8, 4) is 0 Å². The summed E-state index contributed by atoms with van der Waals surface area (Å²) in [4.78, 5) is 31.5. The summed E-state index contributed by atoms with van der Waals surface area (Å²) >= 11 is 0. The van der Waals surface area contributed by atoms with E-state index in [0.29, 0.717) is 30.1 Å². The molecule has 3 heterocycles. The van der Waals surface area contributed by atoms with Gasteiger partial charge in [-0.05, 0) is 49.1 Å². The molecule has 0 bridgehead atoms. The lowest BCUT2D eigenvalue weighted by Gasteiger charge is -2.33. The minimum absolute atomic E-state index is 0.0555. The van der Waals surface area contributed by atoms with Gasteiger partial charge in [0.05, 0.1) is 55.9 Å². The number of ether oxygens (including phenoxy) is 1. The Balaban J connectivity index is 1.37. The first-order valence-corrected chi connectivity index (χ1v) is 14.2. The van der Waals surface area contributed by atoms with E-state index < -0.39 is 48.8 Å². The molecule has 2 aliphatic carbocycles. The molecule has 234 valence electrons. The van der Waals surface area contributed by atoms with Crippen LogP contribution >= 0.6 is 0 Å². The third kappa shape index (κ3) is 8.03. The second-order valence-electron chi connectivity index (χ2n) is 11.2. The number of aromatic nitrogens is 6. The van der Waals surface area contributed by atoms with Crippen molar-refractivity contribution in [3.05, 3.63) is 41.6 Å². The number of halogens is 5. The Morgan fingerprint density at radius 1 is 1.07 bits per heavy atom. The summed E-state index contributed by atoms with van der Waals surface area (Å²) in [6, 6.07) is 0.452. The highest BCUT2D eigenvalue weighted by atomic mass is 19.4. The molecule has 2 fully saturated rings. The van der Waals surface area contributed by atoms with Crippen LogP contribution in [0.2, 0.25) is 0 Å². The minimum atomic E-state index is -4.43. The van der Waals surface area contributed by atoms with Gasteiger partial charge in [-0.1, -0.05) is 0 Å². The second kappa shape index (κ2) is 12.5. The van der Waals surface area contributed by atoms with Crippen molar-refractivity contribution < 1.29 is 36.3 Å². The highest BCUT2D eigenvalue weighted by Crippen LogP contribution is 2.43. The molecule has 2 aliphatic rings. The Kier molecular flexibility index (Phi) is 8.94. The number of fused-ring (bicyclic) bond motifs is 1. The summed E-state index contributed by atoms with van der Waals surface area (Å²) in [5, 5.41) is 18.3. The van der Waals surface area contributed by atoms with Crippen LogP contribution in [0.4, 0.5) is 22.0 Å². The molecule has 0 spiro atoms. The lowest BCUT2D eigenvalue weighted by Crippen LogP contribution is -2.37. The van der Waals surface area contributed by atoms with E-state index in [4.69, 9.17) is 4.74 Å². The average Bonchev–Trinajstić information content (AvgIpc) is 3.52. The Bertz CT molecular complexity index is 1430. The maximum Gasteiger partial charge on any atom is 0.389 e. The summed E-state index contributed by atoms with van der Waals surface area (Å²) in [6.07, 6.45) is -0.532. The monoisotopic (exact) mass is 612 g/mol. The fourth-order valence-electron chi connectivity index (χ4n) is 5.36. The largest absolute Gasteiger partial charge is 0.389 e. The first-order valence-electron chi connectivity index (χ1n) is 14.2. The second-order valence-corrected chi connectivity index (χ2v) is 11.2. The third-order valence-electron chi connectivity index (χ3n) is 7.87. The van der Waals surface area contributed by atoms with E-state index in [2.05, 4.69) is 30.9 Å². The van der Waals surface area contributed by atoms with Gasteiger partial charge in [0.25, 0.3) is 5.91 Å². The zero-order valence-corrected chi connectivity index (χ0v) is 23.5.